The van der Waals surface area contributed by atoms with Gasteiger partial charge in [-0.15, -0.1) is 0 Å². The second-order valence-corrected chi connectivity index (χ2v) is 8.01. The Morgan fingerprint density at radius 3 is 2.33 bits per heavy atom. The zero-order valence-electron chi connectivity index (χ0n) is 18.7. The molecule has 7 heteroatoms. The molecule has 0 fully saturated rings. The summed E-state index contributed by atoms with van der Waals surface area (Å²) in [7, 11) is 1.19. The van der Waals surface area contributed by atoms with E-state index in [-0.39, 0.29) is 18.0 Å². The highest BCUT2D eigenvalue weighted by atomic mass is 19.1. The molecule has 3 aromatic rings. The molecule has 0 bridgehead atoms. The molecule has 6 nitrogen and oxygen atoms in total. The molecule has 33 heavy (non-hydrogen) atoms. The molecule has 0 radical (unpaired) electrons. The van der Waals surface area contributed by atoms with Gasteiger partial charge in [0, 0.05) is 23.4 Å². The molecule has 0 saturated heterocycles. The molecule has 0 aliphatic heterocycles. The lowest BCUT2D eigenvalue weighted by atomic mass is 9.97. The Balaban J connectivity index is 2.16. The van der Waals surface area contributed by atoms with Gasteiger partial charge < -0.3 is 14.4 Å². The van der Waals surface area contributed by atoms with Gasteiger partial charge in [0.15, 0.2) is 0 Å². The molecule has 0 spiro atoms. The Kier molecular flexibility index (Phi) is 7.55. The maximum atomic E-state index is 13.6. The third-order valence-electron chi connectivity index (χ3n) is 5.29. The number of fused-ring (bicyclic) bond motifs is 1. The van der Waals surface area contributed by atoms with Crippen LogP contribution in [-0.4, -0.2) is 34.6 Å². The monoisotopic (exact) mass is 451 g/mol. The summed E-state index contributed by atoms with van der Waals surface area (Å²) in [4.78, 5) is 36.6. The molecule has 3 rings (SSSR count). The second kappa shape index (κ2) is 10.4. The fraction of sp³-hybridized carbons (Fsp3) is 0.269. The van der Waals surface area contributed by atoms with E-state index in [4.69, 9.17) is 0 Å². The number of nitrogens with zero attached hydrogens (tertiary/aromatic N) is 1. The van der Waals surface area contributed by atoms with Crippen molar-refractivity contribution in [1.29, 1.82) is 0 Å². The fourth-order valence-corrected chi connectivity index (χ4v) is 3.77. The first kappa shape index (κ1) is 24.1. The number of methoxy groups -OCH3 is 1. The Bertz CT molecular complexity index is 1260. The van der Waals surface area contributed by atoms with Gasteiger partial charge >= 0.3 is 5.97 Å². The van der Waals surface area contributed by atoms with Gasteiger partial charge in [-0.1, -0.05) is 30.4 Å². The molecular weight excluding hydrogens is 425 g/mol. The summed E-state index contributed by atoms with van der Waals surface area (Å²) in [6.07, 6.45) is 1.32. The van der Waals surface area contributed by atoms with Crippen molar-refractivity contribution in [3.8, 4) is 11.3 Å². The number of carbonyl (C=O) groups is 2. The number of rotatable bonds is 8. The highest BCUT2D eigenvalue weighted by molar-refractivity contribution is 5.97. The number of aromatic nitrogens is 1. The van der Waals surface area contributed by atoms with Crippen molar-refractivity contribution in [2.45, 2.75) is 38.8 Å². The highest BCUT2D eigenvalue weighted by Gasteiger charge is 2.19. The van der Waals surface area contributed by atoms with Crippen LogP contribution in [0.4, 0.5) is 4.39 Å². The van der Waals surface area contributed by atoms with Gasteiger partial charge in [-0.2, -0.15) is 0 Å². The van der Waals surface area contributed by atoms with Gasteiger partial charge in [0.05, 0.1) is 18.9 Å². The lowest BCUT2D eigenvalue weighted by molar-refractivity contribution is -0.143. The van der Waals surface area contributed by atoms with Crippen LogP contribution in [0, 0.1) is 5.82 Å². The number of aliphatic hydroxyl groups excluding tert-OH is 1. The fourth-order valence-electron chi connectivity index (χ4n) is 3.77. The lowest BCUT2D eigenvalue weighted by Gasteiger charge is -2.21. The molecule has 2 aromatic carbocycles. The SMILES string of the molecule is COC(=O)CC(=O)CC(O)/C=C/c1c(-c2ccc(F)cc2)n(C(C)C)c(=O)c2ccccc12. The van der Waals surface area contributed by atoms with E-state index in [2.05, 4.69) is 4.74 Å². The number of ether oxygens (including phenoxy) is 1. The van der Waals surface area contributed by atoms with Crippen LogP contribution in [0.5, 0.6) is 0 Å². The maximum Gasteiger partial charge on any atom is 0.313 e. The third-order valence-corrected chi connectivity index (χ3v) is 5.29. The number of carbonyl (C=O) groups excluding carboxylic acids is 2. The van der Waals surface area contributed by atoms with Crippen molar-refractivity contribution in [3.05, 3.63) is 76.3 Å². The topological polar surface area (TPSA) is 85.6 Å². The quantitative estimate of drug-likeness (QED) is 0.408. The summed E-state index contributed by atoms with van der Waals surface area (Å²) in [6, 6.07) is 12.8. The number of pyridine rings is 1. The van der Waals surface area contributed by atoms with Gasteiger partial charge in [0.2, 0.25) is 0 Å². The molecule has 0 saturated carbocycles. The average Bonchev–Trinajstić information content (AvgIpc) is 2.78. The van der Waals surface area contributed by atoms with Crippen molar-refractivity contribution >= 4 is 28.6 Å². The van der Waals surface area contributed by atoms with E-state index in [1.807, 2.05) is 26.0 Å². The number of Topliss-reactive ketones (excluding diaryl/α,β-unsaturated/α-hetero) is 1. The predicted molar refractivity (Wildman–Crippen MR) is 125 cm³/mol. The van der Waals surface area contributed by atoms with Gasteiger partial charge in [0.1, 0.15) is 18.0 Å². The lowest BCUT2D eigenvalue weighted by Crippen LogP contribution is -2.25. The van der Waals surface area contributed by atoms with Crippen LogP contribution in [0.2, 0.25) is 0 Å². The summed E-state index contributed by atoms with van der Waals surface area (Å²) in [5.41, 5.74) is 1.71. The molecule has 0 aliphatic carbocycles. The van der Waals surface area contributed by atoms with E-state index < -0.39 is 30.1 Å². The van der Waals surface area contributed by atoms with E-state index in [9.17, 15) is 23.9 Å². The number of hydrogen-bond donors (Lipinski definition) is 1. The Hall–Kier alpha value is -3.58. The average molecular weight is 451 g/mol. The Morgan fingerprint density at radius 1 is 1.09 bits per heavy atom. The molecule has 1 unspecified atom stereocenters. The second-order valence-electron chi connectivity index (χ2n) is 8.01. The van der Waals surface area contributed by atoms with E-state index >= 15 is 0 Å². The molecule has 0 aliphatic rings. The normalized spacial score (nSPS) is 12.4. The third kappa shape index (κ3) is 5.43. The first-order valence-corrected chi connectivity index (χ1v) is 10.6. The van der Waals surface area contributed by atoms with Crippen LogP contribution >= 0.6 is 0 Å². The Labute approximate surface area is 190 Å². The van der Waals surface area contributed by atoms with Gasteiger partial charge in [-0.05, 0) is 55.1 Å². The van der Waals surface area contributed by atoms with E-state index in [1.54, 1.807) is 34.9 Å². The molecule has 172 valence electrons. The molecule has 1 N–H and O–H groups in total. The van der Waals surface area contributed by atoms with Crippen LogP contribution < -0.4 is 5.56 Å². The number of ketones is 1. The number of esters is 1. The van der Waals surface area contributed by atoms with Crippen LogP contribution in [0.1, 0.15) is 38.3 Å². The minimum atomic E-state index is -1.14. The molecule has 1 atom stereocenters. The maximum absolute atomic E-state index is 13.6. The highest BCUT2D eigenvalue weighted by Crippen LogP contribution is 2.32. The van der Waals surface area contributed by atoms with Crippen molar-refractivity contribution in [2.24, 2.45) is 0 Å². The first-order chi connectivity index (χ1) is 15.7. The van der Waals surface area contributed by atoms with Crippen molar-refractivity contribution < 1.29 is 23.8 Å². The zero-order valence-corrected chi connectivity index (χ0v) is 18.7. The van der Waals surface area contributed by atoms with Crippen molar-refractivity contribution in [3.63, 3.8) is 0 Å². The summed E-state index contributed by atoms with van der Waals surface area (Å²) in [6.45, 7) is 3.77. The van der Waals surface area contributed by atoms with Crippen LogP contribution in [0.3, 0.4) is 0 Å². The summed E-state index contributed by atoms with van der Waals surface area (Å²) in [5, 5.41) is 11.6. The minimum absolute atomic E-state index is 0.175. The molecular formula is C26H26FNO5. The van der Waals surface area contributed by atoms with Gasteiger partial charge in [-0.3, -0.25) is 14.4 Å². The number of aliphatic hydroxyl groups is 1. The number of hydrogen-bond acceptors (Lipinski definition) is 5. The number of benzene rings is 2. The zero-order chi connectivity index (χ0) is 24.1. The summed E-state index contributed by atoms with van der Waals surface area (Å²) >= 11 is 0. The van der Waals surface area contributed by atoms with E-state index in [0.29, 0.717) is 27.6 Å². The number of halogens is 1. The predicted octanol–water partition coefficient (Wildman–Crippen LogP) is 4.28. The summed E-state index contributed by atoms with van der Waals surface area (Å²) in [5.74, 6) is -1.51. The van der Waals surface area contributed by atoms with Gasteiger partial charge in [-0.25, -0.2) is 4.39 Å². The first-order valence-electron chi connectivity index (χ1n) is 10.6. The van der Waals surface area contributed by atoms with Crippen LogP contribution in [0.25, 0.3) is 28.1 Å². The van der Waals surface area contributed by atoms with E-state index in [0.717, 1.165) is 0 Å². The Morgan fingerprint density at radius 2 is 1.73 bits per heavy atom. The largest absolute Gasteiger partial charge is 0.469 e. The molecule has 1 heterocycles. The minimum Gasteiger partial charge on any atom is -0.469 e. The molecule has 0 amide bonds. The smallest absolute Gasteiger partial charge is 0.313 e. The van der Waals surface area contributed by atoms with Crippen LogP contribution in [-0.2, 0) is 14.3 Å². The van der Waals surface area contributed by atoms with E-state index in [1.165, 1.54) is 25.3 Å². The summed E-state index contributed by atoms with van der Waals surface area (Å²) < 4.78 is 19.7. The molecule has 1 aromatic heterocycles. The van der Waals surface area contributed by atoms with Crippen molar-refractivity contribution in [1.82, 2.24) is 4.57 Å². The van der Waals surface area contributed by atoms with Crippen LogP contribution in [0.15, 0.2) is 59.4 Å². The van der Waals surface area contributed by atoms with Crippen molar-refractivity contribution in [2.75, 3.05) is 7.11 Å². The van der Waals surface area contributed by atoms with Gasteiger partial charge in [0.25, 0.3) is 5.56 Å². The standard InChI is InChI=1S/C26H26FNO5/c1-16(2)28-25(17-8-10-18(27)11-9-17)22(21-6-4-5-7-23(21)26(28)32)13-12-19(29)14-20(30)15-24(31)33-3/h4-13,16,19,29H,14-15H2,1-3H3/b13-12+.